The van der Waals surface area contributed by atoms with Crippen molar-refractivity contribution >= 4 is 29.3 Å². The molecular formula is C20H24O4S. The number of carbonyl (C=O) groups excluding carboxylic acids is 2. The molecule has 0 saturated carbocycles. The van der Waals surface area contributed by atoms with Crippen LogP contribution in [0.2, 0.25) is 0 Å². The van der Waals surface area contributed by atoms with E-state index in [4.69, 9.17) is 9.47 Å². The lowest BCUT2D eigenvalue weighted by atomic mass is 9.92. The van der Waals surface area contributed by atoms with Crippen molar-refractivity contribution < 1.29 is 19.1 Å². The number of hydrogen-bond donors (Lipinski definition) is 0. The summed E-state index contributed by atoms with van der Waals surface area (Å²) in [5.41, 5.74) is 1.93. The van der Waals surface area contributed by atoms with Crippen molar-refractivity contribution in [3.63, 3.8) is 0 Å². The summed E-state index contributed by atoms with van der Waals surface area (Å²) in [6, 6.07) is 9.81. The minimum absolute atomic E-state index is 0.245. The van der Waals surface area contributed by atoms with E-state index in [1.165, 1.54) is 26.0 Å². The molecule has 0 bridgehead atoms. The molecule has 1 aliphatic heterocycles. The van der Waals surface area contributed by atoms with Crippen molar-refractivity contribution in [3.05, 3.63) is 54.1 Å². The highest BCUT2D eigenvalue weighted by atomic mass is 32.2. The third-order valence-electron chi connectivity index (χ3n) is 4.14. The van der Waals surface area contributed by atoms with Crippen LogP contribution < -0.4 is 0 Å². The zero-order chi connectivity index (χ0) is 18.1. The third-order valence-corrected chi connectivity index (χ3v) is 5.61. The second-order valence-corrected chi connectivity index (χ2v) is 7.17. The third kappa shape index (κ3) is 4.75. The molecular weight excluding hydrogens is 336 g/mol. The lowest BCUT2D eigenvalue weighted by Gasteiger charge is -2.29. The molecule has 0 aromatic heterocycles. The standard InChI is InChI=1S/C20H24O4S/c1-23-18(21)20(19(22)24-2)15-17(16-11-8-6-9-12-16)13-7-4-3-5-10-14-25-20/h3-4,6,8-9,11-13H,5,7,10,14-15H2,1-2H3/b4-3-,17-13+. The van der Waals surface area contributed by atoms with Crippen LogP contribution in [0.5, 0.6) is 0 Å². The first-order chi connectivity index (χ1) is 12.1. The van der Waals surface area contributed by atoms with Gasteiger partial charge in [-0.1, -0.05) is 48.6 Å². The minimum Gasteiger partial charge on any atom is -0.468 e. The molecule has 4 nitrogen and oxygen atoms in total. The van der Waals surface area contributed by atoms with E-state index < -0.39 is 16.7 Å². The molecule has 2 rings (SSSR count). The Balaban J connectivity index is 2.49. The molecule has 134 valence electrons. The van der Waals surface area contributed by atoms with Crippen molar-refractivity contribution in [2.75, 3.05) is 20.0 Å². The summed E-state index contributed by atoms with van der Waals surface area (Å²) in [6.07, 6.45) is 9.14. The molecule has 0 atom stereocenters. The number of hydrogen-bond acceptors (Lipinski definition) is 5. The average Bonchev–Trinajstić information content (AvgIpc) is 2.71. The molecule has 1 aliphatic rings. The van der Waals surface area contributed by atoms with Crippen molar-refractivity contribution in [1.29, 1.82) is 0 Å². The first-order valence-corrected chi connectivity index (χ1v) is 9.33. The molecule has 0 unspecified atom stereocenters. The van der Waals surface area contributed by atoms with E-state index in [1.807, 2.05) is 30.3 Å². The van der Waals surface area contributed by atoms with E-state index in [0.717, 1.165) is 30.4 Å². The van der Waals surface area contributed by atoms with E-state index in [9.17, 15) is 9.59 Å². The number of ether oxygens (including phenoxy) is 2. The Labute approximate surface area is 153 Å². The van der Waals surface area contributed by atoms with Crippen LogP contribution >= 0.6 is 11.8 Å². The van der Waals surface area contributed by atoms with Gasteiger partial charge < -0.3 is 9.47 Å². The van der Waals surface area contributed by atoms with Crippen LogP contribution in [0.3, 0.4) is 0 Å². The van der Waals surface area contributed by atoms with Gasteiger partial charge in [-0.2, -0.15) is 0 Å². The quantitative estimate of drug-likeness (QED) is 0.463. The number of esters is 2. The van der Waals surface area contributed by atoms with Gasteiger partial charge in [-0.25, -0.2) is 9.59 Å². The number of benzene rings is 1. The maximum absolute atomic E-state index is 12.6. The molecule has 0 amide bonds. The number of allylic oxidation sites excluding steroid dienone is 4. The molecule has 25 heavy (non-hydrogen) atoms. The van der Waals surface area contributed by atoms with E-state index in [1.54, 1.807) is 0 Å². The van der Waals surface area contributed by atoms with Gasteiger partial charge in [0.05, 0.1) is 14.2 Å². The van der Waals surface area contributed by atoms with Gasteiger partial charge in [0.2, 0.25) is 4.75 Å². The van der Waals surface area contributed by atoms with E-state index in [2.05, 4.69) is 18.2 Å². The first kappa shape index (κ1) is 19.3. The molecule has 1 aromatic carbocycles. The molecule has 0 spiro atoms. The van der Waals surface area contributed by atoms with E-state index in [-0.39, 0.29) is 6.42 Å². The predicted octanol–water partition coefficient (Wildman–Crippen LogP) is 4.02. The van der Waals surface area contributed by atoms with Crippen LogP contribution in [0.15, 0.2) is 48.6 Å². The molecule has 0 radical (unpaired) electrons. The number of thioether (sulfide) groups is 1. The van der Waals surface area contributed by atoms with E-state index >= 15 is 0 Å². The number of rotatable bonds is 3. The SMILES string of the molecule is COC(=O)C1(C(=O)OC)C/C(c2ccccc2)=C\C/C=C\CCCS1. The van der Waals surface area contributed by atoms with Crippen molar-refractivity contribution in [3.8, 4) is 0 Å². The Morgan fingerprint density at radius 2 is 1.72 bits per heavy atom. The van der Waals surface area contributed by atoms with Crippen LogP contribution in [0.1, 0.15) is 31.2 Å². The van der Waals surface area contributed by atoms with Crippen molar-refractivity contribution in [2.24, 2.45) is 0 Å². The fourth-order valence-corrected chi connectivity index (χ4v) is 4.13. The lowest BCUT2D eigenvalue weighted by molar-refractivity contribution is -0.155. The maximum Gasteiger partial charge on any atom is 0.333 e. The molecule has 1 aromatic rings. The predicted molar refractivity (Wildman–Crippen MR) is 101 cm³/mol. The maximum atomic E-state index is 12.6. The monoisotopic (exact) mass is 360 g/mol. The molecule has 0 aliphatic carbocycles. The van der Waals surface area contributed by atoms with Gasteiger partial charge in [-0.05, 0) is 36.2 Å². The summed E-state index contributed by atoms with van der Waals surface area (Å²) in [5, 5.41) is 0. The molecule has 0 N–H and O–H groups in total. The average molecular weight is 360 g/mol. The second kappa shape index (κ2) is 9.47. The number of carbonyl (C=O) groups is 2. The minimum atomic E-state index is -1.38. The summed E-state index contributed by atoms with van der Waals surface area (Å²) in [6.45, 7) is 0. The van der Waals surface area contributed by atoms with Gasteiger partial charge in [0.25, 0.3) is 0 Å². The Hall–Kier alpha value is -2.01. The second-order valence-electron chi connectivity index (χ2n) is 5.78. The van der Waals surface area contributed by atoms with Crippen LogP contribution in [0.25, 0.3) is 5.57 Å². The fraction of sp³-hybridized carbons (Fsp3) is 0.400. The van der Waals surface area contributed by atoms with Crippen LogP contribution in [-0.2, 0) is 19.1 Å². The zero-order valence-electron chi connectivity index (χ0n) is 14.7. The smallest absolute Gasteiger partial charge is 0.333 e. The Kier molecular flexibility index (Phi) is 7.31. The van der Waals surface area contributed by atoms with Gasteiger partial charge in [-0.3, -0.25) is 0 Å². The Bertz CT molecular complexity index is 633. The summed E-state index contributed by atoms with van der Waals surface area (Å²) >= 11 is 1.32. The van der Waals surface area contributed by atoms with Crippen LogP contribution in [-0.4, -0.2) is 36.7 Å². The first-order valence-electron chi connectivity index (χ1n) is 8.34. The summed E-state index contributed by atoms with van der Waals surface area (Å²) < 4.78 is 8.61. The van der Waals surface area contributed by atoms with Gasteiger partial charge >= 0.3 is 11.9 Å². The summed E-state index contributed by atoms with van der Waals surface area (Å²) in [4.78, 5) is 25.3. The Morgan fingerprint density at radius 3 is 2.36 bits per heavy atom. The van der Waals surface area contributed by atoms with Gasteiger partial charge in [0.1, 0.15) is 0 Å². The van der Waals surface area contributed by atoms with Gasteiger partial charge in [-0.15, -0.1) is 11.8 Å². The fourth-order valence-electron chi connectivity index (χ4n) is 2.81. The highest BCUT2D eigenvalue weighted by Gasteiger charge is 2.49. The zero-order valence-corrected chi connectivity index (χ0v) is 15.5. The molecule has 1 heterocycles. The van der Waals surface area contributed by atoms with Crippen LogP contribution in [0.4, 0.5) is 0 Å². The molecule has 0 fully saturated rings. The van der Waals surface area contributed by atoms with Gasteiger partial charge in [0, 0.05) is 6.42 Å². The molecule has 0 saturated heterocycles. The van der Waals surface area contributed by atoms with Crippen LogP contribution in [0, 0.1) is 0 Å². The van der Waals surface area contributed by atoms with Crippen molar-refractivity contribution in [2.45, 2.75) is 30.4 Å². The summed E-state index contributed by atoms with van der Waals surface area (Å²) in [7, 11) is 2.62. The highest BCUT2D eigenvalue weighted by Crippen LogP contribution is 2.39. The molecule has 5 heteroatoms. The van der Waals surface area contributed by atoms with E-state index in [0.29, 0.717) is 5.75 Å². The number of methoxy groups -OCH3 is 2. The Morgan fingerprint density at radius 1 is 1.04 bits per heavy atom. The van der Waals surface area contributed by atoms with Crippen molar-refractivity contribution in [1.82, 2.24) is 0 Å². The normalized spacial score (nSPS) is 21.1. The largest absolute Gasteiger partial charge is 0.468 e. The topological polar surface area (TPSA) is 52.6 Å². The van der Waals surface area contributed by atoms with Gasteiger partial charge in [0.15, 0.2) is 0 Å². The highest BCUT2D eigenvalue weighted by molar-refractivity contribution is 8.02. The summed E-state index contributed by atoms with van der Waals surface area (Å²) in [5.74, 6) is -0.437. The lowest BCUT2D eigenvalue weighted by Crippen LogP contribution is -2.46.